The molecule has 0 unspecified atom stereocenters. The zero-order valence-corrected chi connectivity index (χ0v) is 18.2. The topological polar surface area (TPSA) is 48.9 Å². The maximum absolute atomic E-state index is 6.26. The first kappa shape index (κ1) is 22.5. The van der Waals surface area contributed by atoms with Crippen molar-refractivity contribution in [3.8, 4) is 0 Å². The van der Waals surface area contributed by atoms with Crippen LogP contribution in [-0.4, -0.2) is 57.8 Å². The highest BCUT2D eigenvalue weighted by Crippen LogP contribution is 2.21. The van der Waals surface area contributed by atoms with Gasteiger partial charge in [0.2, 0.25) is 0 Å². The highest BCUT2D eigenvalue weighted by atomic mass is 127. The van der Waals surface area contributed by atoms with E-state index in [1.165, 1.54) is 18.4 Å². The molecule has 1 aliphatic heterocycles. The van der Waals surface area contributed by atoms with Crippen molar-refractivity contribution in [2.24, 2.45) is 10.9 Å². The van der Waals surface area contributed by atoms with Crippen LogP contribution in [0.3, 0.4) is 0 Å². The minimum absolute atomic E-state index is 0. The molecule has 0 aliphatic carbocycles. The highest BCUT2D eigenvalue weighted by molar-refractivity contribution is 14.0. The van der Waals surface area contributed by atoms with Crippen LogP contribution in [0.25, 0.3) is 0 Å². The molecule has 2 N–H and O–H groups in total. The van der Waals surface area contributed by atoms with Gasteiger partial charge in [-0.25, -0.2) is 0 Å². The van der Waals surface area contributed by atoms with E-state index in [-0.39, 0.29) is 24.0 Å². The van der Waals surface area contributed by atoms with Crippen LogP contribution in [0, 0.1) is 5.92 Å². The van der Waals surface area contributed by atoms with Gasteiger partial charge in [-0.05, 0) is 43.5 Å². The molecule has 25 heavy (non-hydrogen) atoms. The molecule has 1 aromatic carbocycles. The van der Waals surface area contributed by atoms with Gasteiger partial charge < -0.3 is 15.4 Å². The molecule has 5 nitrogen and oxygen atoms in total. The minimum atomic E-state index is 0. The molecule has 0 bridgehead atoms. The van der Waals surface area contributed by atoms with E-state index in [9.17, 15) is 0 Å². The van der Waals surface area contributed by atoms with E-state index >= 15 is 0 Å². The molecule has 2 rings (SSSR count). The van der Waals surface area contributed by atoms with Gasteiger partial charge in [-0.2, -0.15) is 0 Å². The van der Waals surface area contributed by atoms with E-state index < -0.39 is 0 Å². The number of hydrogen-bond donors (Lipinski definition) is 2. The van der Waals surface area contributed by atoms with E-state index in [0.29, 0.717) is 12.5 Å². The minimum Gasteiger partial charge on any atom is -0.383 e. The van der Waals surface area contributed by atoms with E-state index in [1.807, 2.05) is 12.1 Å². The average Bonchev–Trinajstić information content (AvgIpc) is 2.61. The summed E-state index contributed by atoms with van der Waals surface area (Å²) in [7, 11) is 3.50. The molecule has 1 saturated heterocycles. The van der Waals surface area contributed by atoms with Crippen LogP contribution in [0.5, 0.6) is 0 Å². The Morgan fingerprint density at radius 1 is 1.28 bits per heavy atom. The summed E-state index contributed by atoms with van der Waals surface area (Å²) in [6.45, 7) is 5.60. The first-order chi connectivity index (χ1) is 11.7. The van der Waals surface area contributed by atoms with Crippen molar-refractivity contribution in [2.75, 3.05) is 46.9 Å². The Hall–Kier alpha value is -0.570. The number of aliphatic imine (C=N–C) groups is 1. The SMILES string of the molecule is CN=C(NCCOC)NCC1CCN(Cc2ccccc2Cl)CC1.I. The van der Waals surface area contributed by atoms with Crippen molar-refractivity contribution < 1.29 is 4.74 Å². The smallest absolute Gasteiger partial charge is 0.191 e. The van der Waals surface area contributed by atoms with E-state index in [1.54, 1.807) is 14.2 Å². The lowest BCUT2D eigenvalue weighted by Gasteiger charge is -2.32. The van der Waals surface area contributed by atoms with Crippen LogP contribution >= 0.6 is 35.6 Å². The molecule has 0 atom stereocenters. The highest BCUT2D eigenvalue weighted by Gasteiger charge is 2.19. The van der Waals surface area contributed by atoms with Crippen molar-refractivity contribution >= 4 is 41.5 Å². The maximum atomic E-state index is 6.26. The predicted octanol–water partition coefficient (Wildman–Crippen LogP) is 2.98. The molecule has 0 spiro atoms. The summed E-state index contributed by atoms with van der Waals surface area (Å²) in [5, 5.41) is 7.53. The second-order valence-corrected chi connectivity index (χ2v) is 6.59. The fraction of sp³-hybridized carbons (Fsp3) is 0.611. The number of nitrogens with one attached hydrogen (secondary N) is 2. The van der Waals surface area contributed by atoms with Gasteiger partial charge in [-0.3, -0.25) is 9.89 Å². The zero-order chi connectivity index (χ0) is 17.2. The van der Waals surface area contributed by atoms with Crippen LogP contribution in [0.2, 0.25) is 5.02 Å². The number of hydrogen-bond acceptors (Lipinski definition) is 3. The Morgan fingerprint density at radius 2 is 2.00 bits per heavy atom. The zero-order valence-electron chi connectivity index (χ0n) is 15.1. The van der Waals surface area contributed by atoms with Gasteiger partial charge in [0.05, 0.1) is 6.61 Å². The van der Waals surface area contributed by atoms with Gasteiger partial charge in [0.1, 0.15) is 0 Å². The molecule has 7 heteroatoms. The fourth-order valence-corrected chi connectivity index (χ4v) is 3.14. The van der Waals surface area contributed by atoms with Crippen molar-refractivity contribution in [2.45, 2.75) is 19.4 Å². The maximum Gasteiger partial charge on any atom is 0.191 e. The van der Waals surface area contributed by atoms with Gasteiger partial charge in [-0.1, -0.05) is 29.8 Å². The number of likely N-dealkylation sites (tertiary alicyclic amines) is 1. The van der Waals surface area contributed by atoms with E-state index in [4.69, 9.17) is 16.3 Å². The standard InChI is InChI=1S/C18H29ClN4O.HI/c1-20-18(21-9-12-24-2)22-13-15-7-10-23(11-8-15)14-16-5-3-4-6-17(16)19;/h3-6,15H,7-14H2,1-2H3,(H2,20,21,22);1H. The predicted molar refractivity (Wildman–Crippen MR) is 116 cm³/mol. The Labute approximate surface area is 173 Å². The van der Waals surface area contributed by atoms with E-state index in [2.05, 4.69) is 32.7 Å². The quantitative estimate of drug-likeness (QED) is 0.273. The monoisotopic (exact) mass is 480 g/mol. The number of piperidine rings is 1. The molecule has 1 aromatic rings. The number of guanidine groups is 1. The first-order valence-electron chi connectivity index (χ1n) is 8.62. The molecule has 1 fully saturated rings. The van der Waals surface area contributed by atoms with Crippen LogP contribution in [0.4, 0.5) is 0 Å². The molecule has 0 amide bonds. The van der Waals surface area contributed by atoms with Crippen LogP contribution in [0.15, 0.2) is 29.3 Å². The largest absolute Gasteiger partial charge is 0.383 e. The van der Waals surface area contributed by atoms with Crippen molar-refractivity contribution in [1.29, 1.82) is 0 Å². The molecular formula is C18H30ClIN4O. The van der Waals surface area contributed by atoms with Crippen LogP contribution in [0.1, 0.15) is 18.4 Å². The van der Waals surface area contributed by atoms with Gasteiger partial charge in [-0.15, -0.1) is 24.0 Å². The lowest BCUT2D eigenvalue weighted by Crippen LogP contribution is -2.43. The normalized spacial score (nSPS) is 16.4. The molecule has 1 heterocycles. The Bertz CT molecular complexity index is 522. The van der Waals surface area contributed by atoms with Gasteiger partial charge in [0, 0.05) is 38.8 Å². The summed E-state index contributed by atoms with van der Waals surface area (Å²) in [6, 6.07) is 8.12. The molecule has 0 radical (unpaired) electrons. The lowest BCUT2D eigenvalue weighted by atomic mass is 9.96. The van der Waals surface area contributed by atoms with Gasteiger partial charge in [0.15, 0.2) is 5.96 Å². The van der Waals surface area contributed by atoms with Crippen LogP contribution in [-0.2, 0) is 11.3 Å². The number of benzene rings is 1. The molecular weight excluding hydrogens is 451 g/mol. The summed E-state index contributed by atoms with van der Waals surface area (Å²) in [5.74, 6) is 1.54. The molecule has 0 aromatic heterocycles. The second kappa shape index (κ2) is 12.7. The third kappa shape index (κ3) is 8.11. The van der Waals surface area contributed by atoms with Crippen LogP contribution < -0.4 is 10.6 Å². The summed E-state index contributed by atoms with van der Waals surface area (Å²) >= 11 is 6.26. The van der Waals surface area contributed by atoms with E-state index in [0.717, 1.165) is 43.7 Å². The molecule has 1 aliphatic rings. The summed E-state index contributed by atoms with van der Waals surface area (Å²) in [6.07, 6.45) is 2.40. The Morgan fingerprint density at radius 3 is 2.64 bits per heavy atom. The summed E-state index contributed by atoms with van der Waals surface area (Å²) < 4.78 is 5.04. The van der Waals surface area contributed by atoms with Gasteiger partial charge >= 0.3 is 0 Å². The Kier molecular flexibility index (Phi) is 11.4. The van der Waals surface area contributed by atoms with Crippen molar-refractivity contribution in [3.63, 3.8) is 0 Å². The molecule has 0 saturated carbocycles. The summed E-state index contributed by atoms with van der Waals surface area (Å²) in [5.41, 5.74) is 1.22. The number of methoxy groups -OCH3 is 1. The number of ether oxygens (including phenoxy) is 1. The second-order valence-electron chi connectivity index (χ2n) is 6.18. The van der Waals surface area contributed by atoms with Crippen molar-refractivity contribution in [3.05, 3.63) is 34.9 Å². The first-order valence-corrected chi connectivity index (χ1v) is 9.00. The Balaban J connectivity index is 0.00000312. The molecule has 142 valence electrons. The fourth-order valence-electron chi connectivity index (χ4n) is 2.95. The number of halogens is 2. The third-order valence-corrected chi connectivity index (χ3v) is 4.81. The lowest BCUT2D eigenvalue weighted by molar-refractivity contribution is 0.178. The number of nitrogens with zero attached hydrogens (tertiary/aromatic N) is 2. The number of rotatable bonds is 7. The third-order valence-electron chi connectivity index (χ3n) is 4.44. The average molecular weight is 481 g/mol. The van der Waals surface area contributed by atoms with Crippen molar-refractivity contribution in [1.82, 2.24) is 15.5 Å². The van der Waals surface area contributed by atoms with Gasteiger partial charge in [0.25, 0.3) is 0 Å². The summed E-state index contributed by atoms with van der Waals surface area (Å²) in [4.78, 5) is 6.73.